The molecule has 152 valence electrons. The second-order valence-corrected chi connectivity index (χ2v) is 8.26. The number of rotatable bonds is 9. The highest BCUT2D eigenvalue weighted by Gasteiger charge is 2.15. The standard InChI is InChI=1S/C22H24ClN3O2S/c1-16-21(29-20(25-16)15-28-19-10-8-18(23)9-11-19)22(27)24-12-13-26(2)14-17-6-4-3-5-7-17/h3-11H,12-15H2,1-2H3,(H,24,27). The Bertz CT molecular complexity index is 929. The third kappa shape index (κ3) is 6.56. The largest absolute Gasteiger partial charge is 0.486 e. The highest BCUT2D eigenvalue weighted by atomic mass is 35.5. The van der Waals surface area contributed by atoms with Crippen molar-refractivity contribution in [3.05, 3.63) is 80.8 Å². The minimum Gasteiger partial charge on any atom is -0.486 e. The number of likely N-dealkylation sites (N-methyl/N-ethyl adjacent to an activating group) is 1. The zero-order valence-electron chi connectivity index (χ0n) is 16.5. The first-order valence-electron chi connectivity index (χ1n) is 9.36. The number of amides is 1. The average Bonchev–Trinajstić information content (AvgIpc) is 3.09. The summed E-state index contributed by atoms with van der Waals surface area (Å²) in [6.45, 7) is 4.36. The first-order chi connectivity index (χ1) is 14.0. The first-order valence-corrected chi connectivity index (χ1v) is 10.6. The van der Waals surface area contributed by atoms with Gasteiger partial charge in [0.1, 0.15) is 22.2 Å². The molecular weight excluding hydrogens is 406 g/mol. The second kappa shape index (κ2) is 10.4. The Kier molecular flexibility index (Phi) is 7.63. The number of halogens is 1. The molecule has 0 fully saturated rings. The van der Waals surface area contributed by atoms with Gasteiger partial charge in [0, 0.05) is 24.7 Å². The smallest absolute Gasteiger partial charge is 0.263 e. The van der Waals surface area contributed by atoms with Crippen LogP contribution in [-0.2, 0) is 13.2 Å². The lowest BCUT2D eigenvalue weighted by Gasteiger charge is -2.16. The van der Waals surface area contributed by atoms with Gasteiger partial charge in [-0.05, 0) is 43.8 Å². The van der Waals surface area contributed by atoms with Crippen molar-refractivity contribution in [2.75, 3.05) is 20.1 Å². The Morgan fingerprint density at radius 2 is 1.90 bits per heavy atom. The van der Waals surface area contributed by atoms with Crippen LogP contribution in [0.2, 0.25) is 5.02 Å². The quantitative estimate of drug-likeness (QED) is 0.542. The van der Waals surface area contributed by atoms with Gasteiger partial charge in [0.15, 0.2) is 0 Å². The van der Waals surface area contributed by atoms with Gasteiger partial charge >= 0.3 is 0 Å². The fourth-order valence-electron chi connectivity index (χ4n) is 2.82. The van der Waals surface area contributed by atoms with Crippen molar-refractivity contribution in [2.24, 2.45) is 0 Å². The molecular formula is C22H24ClN3O2S. The lowest BCUT2D eigenvalue weighted by Crippen LogP contribution is -2.32. The maximum absolute atomic E-state index is 12.5. The number of carbonyl (C=O) groups is 1. The van der Waals surface area contributed by atoms with E-state index in [4.69, 9.17) is 16.3 Å². The van der Waals surface area contributed by atoms with Crippen molar-refractivity contribution in [2.45, 2.75) is 20.1 Å². The number of nitrogens with zero attached hydrogens (tertiary/aromatic N) is 2. The molecule has 1 heterocycles. The van der Waals surface area contributed by atoms with Gasteiger partial charge in [-0.3, -0.25) is 4.79 Å². The van der Waals surface area contributed by atoms with Crippen molar-refractivity contribution in [1.82, 2.24) is 15.2 Å². The van der Waals surface area contributed by atoms with Gasteiger partial charge in [-0.2, -0.15) is 0 Å². The third-order valence-electron chi connectivity index (χ3n) is 4.30. The summed E-state index contributed by atoms with van der Waals surface area (Å²) in [5.41, 5.74) is 1.98. The zero-order chi connectivity index (χ0) is 20.6. The highest BCUT2D eigenvalue weighted by Crippen LogP contribution is 2.21. The number of hydrogen-bond acceptors (Lipinski definition) is 5. The van der Waals surface area contributed by atoms with E-state index in [9.17, 15) is 4.79 Å². The molecule has 2 aromatic carbocycles. The van der Waals surface area contributed by atoms with Crippen LogP contribution in [0.1, 0.15) is 25.9 Å². The van der Waals surface area contributed by atoms with Crippen molar-refractivity contribution in [1.29, 1.82) is 0 Å². The van der Waals surface area contributed by atoms with E-state index in [1.165, 1.54) is 16.9 Å². The van der Waals surface area contributed by atoms with Crippen LogP contribution in [-0.4, -0.2) is 35.9 Å². The molecule has 0 aliphatic rings. The van der Waals surface area contributed by atoms with E-state index in [0.717, 1.165) is 29.5 Å². The van der Waals surface area contributed by atoms with Gasteiger partial charge in [-0.15, -0.1) is 11.3 Å². The van der Waals surface area contributed by atoms with Crippen molar-refractivity contribution < 1.29 is 9.53 Å². The monoisotopic (exact) mass is 429 g/mol. The summed E-state index contributed by atoms with van der Waals surface area (Å²) in [6, 6.07) is 17.4. The van der Waals surface area contributed by atoms with Gasteiger partial charge < -0.3 is 15.0 Å². The molecule has 0 radical (unpaired) electrons. The Balaban J connectivity index is 1.46. The SMILES string of the molecule is Cc1nc(COc2ccc(Cl)cc2)sc1C(=O)NCCN(C)Cc1ccccc1. The van der Waals surface area contributed by atoms with Gasteiger partial charge in [0.2, 0.25) is 0 Å². The van der Waals surface area contributed by atoms with E-state index >= 15 is 0 Å². The summed E-state index contributed by atoms with van der Waals surface area (Å²) in [5.74, 6) is 0.626. The highest BCUT2D eigenvalue weighted by molar-refractivity contribution is 7.13. The molecule has 0 saturated heterocycles. The lowest BCUT2D eigenvalue weighted by atomic mass is 10.2. The van der Waals surface area contributed by atoms with Gasteiger partial charge in [0.25, 0.3) is 5.91 Å². The van der Waals surface area contributed by atoms with E-state index in [-0.39, 0.29) is 5.91 Å². The summed E-state index contributed by atoms with van der Waals surface area (Å²) in [5, 5.41) is 4.41. The molecule has 7 heteroatoms. The number of nitrogens with one attached hydrogen (secondary N) is 1. The van der Waals surface area contributed by atoms with Crippen molar-refractivity contribution in [3.63, 3.8) is 0 Å². The number of thiazole rings is 1. The number of ether oxygens (including phenoxy) is 1. The maximum atomic E-state index is 12.5. The number of carbonyl (C=O) groups excluding carboxylic acids is 1. The summed E-state index contributed by atoms with van der Waals surface area (Å²) in [6.07, 6.45) is 0. The molecule has 3 aromatic rings. The van der Waals surface area contributed by atoms with E-state index in [1.54, 1.807) is 12.1 Å². The van der Waals surface area contributed by atoms with Crippen molar-refractivity contribution >= 4 is 28.8 Å². The van der Waals surface area contributed by atoms with Crippen LogP contribution in [0, 0.1) is 6.92 Å². The van der Waals surface area contributed by atoms with Gasteiger partial charge in [-0.25, -0.2) is 4.98 Å². The first kappa shape index (κ1) is 21.3. The molecule has 29 heavy (non-hydrogen) atoms. The van der Waals surface area contributed by atoms with Crippen LogP contribution in [0.4, 0.5) is 0 Å². The number of benzene rings is 2. The predicted molar refractivity (Wildman–Crippen MR) is 118 cm³/mol. The summed E-state index contributed by atoms with van der Waals surface area (Å²) in [4.78, 5) is 19.8. The normalized spacial score (nSPS) is 10.9. The van der Waals surface area contributed by atoms with Crippen LogP contribution in [0.3, 0.4) is 0 Å². The van der Waals surface area contributed by atoms with Crippen LogP contribution in [0.5, 0.6) is 5.75 Å². The molecule has 5 nitrogen and oxygen atoms in total. The van der Waals surface area contributed by atoms with Gasteiger partial charge in [0.05, 0.1) is 5.69 Å². The molecule has 1 N–H and O–H groups in total. The average molecular weight is 430 g/mol. The molecule has 1 aromatic heterocycles. The zero-order valence-corrected chi connectivity index (χ0v) is 18.1. The molecule has 0 unspecified atom stereocenters. The Labute approximate surface area is 180 Å². The van der Waals surface area contributed by atoms with Crippen LogP contribution < -0.4 is 10.1 Å². The third-order valence-corrected chi connectivity index (χ3v) is 5.68. The fraction of sp³-hybridized carbons (Fsp3) is 0.273. The molecule has 0 bridgehead atoms. The number of aryl methyl sites for hydroxylation is 1. The van der Waals surface area contributed by atoms with E-state index in [0.29, 0.717) is 23.1 Å². The minimum atomic E-state index is -0.0918. The Hall–Kier alpha value is -2.41. The molecule has 0 spiro atoms. The summed E-state index contributed by atoms with van der Waals surface area (Å²) in [7, 11) is 2.04. The van der Waals surface area contributed by atoms with Crippen molar-refractivity contribution in [3.8, 4) is 5.75 Å². The summed E-state index contributed by atoms with van der Waals surface area (Å²) < 4.78 is 5.72. The molecule has 0 aliphatic heterocycles. The number of aromatic nitrogens is 1. The van der Waals surface area contributed by atoms with Crippen LogP contribution in [0.25, 0.3) is 0 Å². The molecule has 1 amide bonds. The fourth-order valence-corrected chi connectivity index (χ4v) is 3.84. The minimum absolute atomic E-state index is 0.0918. The molecule has 3 rings (SSSR count). The maximum Gasteiger partial charge on any atom is 0.263 e. The van der Waals surface area contributed by atoms with Crippen LogP contribution in [0.15, 0.2) is 54.6 Å². The molecule has 0 aliphatic carbocycles. The number of hydrogen-bond donors (Lipinski definition) is 1. The lowest BCUT2D eigenvalue weighted by molar-refractivity contribution is 0.0953. The second-order valence-electron chi connectivity index (χ2n) is 6.74. The van der Waals surface area contributed by atoms with E-state index < -0.39 is 0 Å². The molecule has 0 atom stereocenters. The molecule has 0 saturated carbocycles. The van der Waals surface area contributed by atoms with E-state index in [2.05, 4.69) is 27.3 Å². The van der Waals surface area contributed by atoms with Gasteiger partial charge in [-0.1, -0.05) is 41.9 Å². The summed E-state index contributed by atoms with van der Waals surface area (Å²) >= 11 is 7.24. The van der Waals surface area contributed by atoms with E-state index in [1.807, 2.05) is 44.3 Å². The predicted octanol–water partition coefficient (Wildman–Crippen LogP) is 4.55. The topological polar surface area (TPSA) is 54.5 Å². The Morgan fingerprint density at radius 1 is 1.17 bits per heavy atom. The Morgan fingerprint density at radius 3 is 2.62 bits per heavy atom. The van der Waals surface area contributed by atoms with Crippen LogP contribution >= 0.6 is 22.9 Å².